The van der Waals surface area contributed by atoms with E-state index in [1.54, 1.807) is 18.3 Å². The number of sulfonamides is 1. The minimum Gasteiger partial charge on any atom is -0.495 e. The van der Waals surface area contributed by atoms with E-state index in [1.807, 2.05) is 42.0 Å². The van der Waals surface area contributed by atoms with E-state index in [0.29, 0.717) is 5.75 Å². The fourth-order valence-electron chi connectivity index (χ4n) is 3.46. The van der Waals surface area contributed by atoms with Gasteiger partial charge in [-0.1, -0.05) is 29.8 Å². The molecule has 170 valence electrons. The zero-order valence-electron chi connectivity index (χ0n) is 18.2. The molecule has 0 radical (unpaired) electrons. The summed E-state index contributed by atoms with van der Waals surface area (Å²) in [6, 6.07) is 11.2. The van der Waals surface area contributed by atoms with Crippen LogP contribution in [0.5, 0.6) is 5.75 Å². The Kier molecular flexibility index (Phi) is 7.10. The number of para-hydroxylation sites is 1. The Balaban J connectivity index is 1.83. The van der Waals surface area contributed by atoms with E-state index >= 15 is 0 Å². The molecule has 8 nitrogen and oxygen atoms in total. The molecule has 0 saturated carbocycles. The summed E-state index contributed by atoms with van der Waals surface area (Å²) in [5, 5.41) is 3.09. The number of nitrogens with one attached hydrogen (secondary N) is 1. The Morgan fingerprint density at radius 1 is 1.28 bits per heavy atom. The quantitative estimate of drug-likeness (QED) is 0.538. The highest BCUT2D eigenvalue weighted by atomic mass is 35.5. The highest BCUT2D eigenvalue weighted by Gasteiger charge is 2.29. The first-order valence-corrected chi connectivity index (χ1v) is 12.0. The lowest BCUT2D eigenvalue weighted by Gasteiger charge is -2.28. The molecule has 1 heterocycles. The molecule has 3 aromatic rings. The molecule has 1 unspecified atom stereocenters. The predicted octanol–water partition coefficient (Wildman–Crippen LogP) is 3.31. The van der Waals surface area contributed by atoms with Crippen molar-refractivity contribution in [2.24, 2.45) is 0 Å². The van der Waals surface area contributed by atoms with E-state index in [-0.39, 0.29) is 17.3 Å². The second kappa shape index (κ2) is 9.62. The van der Waals surface area contributed by atoms with Gasteiger partial charge >= 0.3 is 0 Å². The molecule has 0 spiro atoms. The third-order valence-corrected chi connectivity index (χ3v) is 6.55. The van der Waals surface area contributed by atoms with Crippen LogP contribution < -0.4 is 14.4 Å². The number of nitrogens with zero attached hydrogens (tertiary/aromatic N) is 3. The number of methoxy groups -OCH3 is 1. The lowest BCUT2D eigenvalue weighted by atomic mass is 10.1. The molecule has 1 amide bonds. The van der Waals surface area contributed by atoms with Gasteiger partial charge in [-0.2, -0.15) is 0 Å². The van der Waals surface area contributed by atoms with E-state index in [4.69, 9.17) is 16.3 Å². The van der Waals surface area contributed by atoms with Crippen molar-refractivity contribution in [1.29, 1.82) is 0 Å². The lowest BCUT2D eigenvalue weighted by molar-refractivity contribution is -0.122. The van der Waals surface area contributed by atoms with Gasteiger partial charge in [-0.3, -0.25) is 9.10 Å². The van der Waals surface area contributed by atoms with Crippen molar-refractivity contribution in [2.75, 3.05) is 17.7 Å². The van der Waals surface area contributed by atoms with Crippen LogP contribution in [0.25, 0.3) is 5.69 Å². The van der Waals surface area contributed by atoms with Crippen LogP contribution in [0.2, 0.25) is 5.02 Å². The molecular weight excluding hydrogens is 452 g/mol. The summed E-state index contributed by atoms with van der Waals surface area (Å²) in [7, 11) is -2.30. The van der Waals surface area contributed by atoms with Crippen LogP contribution in [0, 0.1) is 6.92 Å². The van der Waals surface area contributed by atoms with Gasteiger partial charge in [0.2, 0.25) is 15.9 Å². The Morgan fingerprint density at radius 3 is 2.59 bits per heavy atom. The number of hydrogen-bond donors (Lipinski definition) is 1. The topological polar surface area (TPSA) is 93.5 Å². The number of ether oxygens (including phenoxy) is 1. The summed E-state index contributed by atoms with van der Waals surface area (Å²) >= 11 is 6.17. The van der Waals surface area contributed by atoms with Crippen molar-refractivity contribution in [3.8, 4) is 11.4 Å². The molecule has 32 heavy (non-hydrogen) atoms. The van der Waals surface area contributed by atoms with Gasteiger partial charge in [0, 0.05) is 18.9 Å². The number of hydrogen-bond acceptors (Lipinski definition) is 5. The van der Waals surface area contributed by atoms with E-state index in [1.165, 1.54) is 20.1 Å². The summed E-state index contributed by atoms with van der Waals surface area (Å²) < 4.78 is 33.1. The number of anilines is 1. The van der Waals surface area contributed by atoms with Crippen molar-refractivity contribution in [2.45, 2.75) is 26.4 Å². The number of halogens is 1. The Labute approximate surface area is 192 Å². The number of aromatic nitrogens is 2. The molecule has 0 aliphatic carbocycles. The van der Waals surface area contributed by atoms with Gasteiger partial charge < -0.3 is 14.6 Å². The molecule has 0 saturated heterocycles. The van der Waals surface area contributed by atoms with Crippen LogP contribution >= 0.6 is 11.6 Å². The first kappa shape index (κ1) is 23.6. The van der Waals surface area contributed by atoms with Crippen LogP contribution in [-0.2, 0) is 21.4 Å². The van der Waals surface area contributed by atoms with Gasteiger partial charge in [-0.25, -0.2) is 13.4 Å². The number of rotatable bonds is 8. The van der Waals surface area contributed by atoms with Gasteiger partial charge in [0.05, 0.1) is 29.8 Å². The second-order valence-corrected chi connectivity index (χ2v) is 9.51. The SMILES string of the molecule is COc1ccc(N(C(C)C(=O)NCc2ccccc2-n2ccnc2C)S(C)(=O)=O)cc1Cl. The number of aryl methyl sites for hydroxylation is 1. The Hall–Kier alpha value is -3.04. The summed E-state index contributed by atoms with van der Waals surface area (Å²) in [4.78, 5) is 17.2. The van der Waals surface area contributed by atoms with Crippen molar-refractivity contribution in [3.63, 3.8) is 0 Å². The highest BCUT2D eigenvalue weighted by molar-refractivity contribution is 7.92. The van der Waals surface area contributed by atoms with E-state index < -0.39 is 22.0 Å². The van der Waals surface area contributed by atoms with Crippen molar-refractivity contribution >= 4 is 33.2 Å². The van der Waals surface area contributed by atoms with E-state index in [9.17, 15) is 13.2 Å². The second-order valence-electron chi connectivity index (χ2n) is 7.24. The fraction of sp³-hybridized carbons (Fsp3) is 0.273. The maximum Gasteiger partial charge on any atom is 0.243 e. The van der Waals surface area contributed by atoms with E-state index in [2.05, 4.69) is 10.3 Å². The molecule has 1 aromatic heterocycles. The number of imidazole rings is 1. The van der Waals surface area contributed by atoms with Crippen molar-refractivity contribution in [1.82, 2.24) is 14.9 Å². The summed E-state index contributed by atoms with van der Waals surface area (Å²) in [5.74, 6) is 0.781. The number of carbonyl (C=O) groups excluding carboxylic acids is 1. The van der Waals surface area contributed by atoms with Crippen LogP contribution in [0.4, 0.5) is 5.69 Å². The number of carbonyl (C=O) groups is 1. The third-order valence-electron chi connectivity index (χ3n) is 5.01. The van der Waals surface area contributed by atoms with E-state index in [0.717, 1.165) is 27.6 Å². The standard InChI is InChI=1S/C22H25ClN4O4S/c1-15(27(32(4,29)30)18-9-10-21(31-3)19(23)13-18)22(28)25-14-17-7-5-6-8-20(17)26-12-11-24-16(26)2/h5-13,15H,14H2,1-4H3,(H,25,28). The highest BCUT2D eigenvalue weighted by Crippen LogP contribution is 2.31. The molecule has 2 aromatic carbocycles. The smallest absolute Gasteiger partial charge is 0.243 e. The molecular formula is C22H25ClN4O4S. The van der Waals surface area contributed by atoms with Gasteiger partial charge in [-0.05, 0) is 43.7 Å². The van der Waals surface area contributed by atoms with Gasteiger partial charge in [0.25, 0.3) is 0 Å². The van der Waals surface area contributed by atoms with Crippen LogP contribution in [-0.4, -0.2) is 43.3 Å². The monoisotopic (exact) mass is 476 g/mol. The minimum absolute atomic E-state index is 0.220. The van der Waals surface area contributed by atoms with Crippen molar-refractivity contribution in [3.05, 3.63) is 71.3 Å². The first-order valence-electron chi connectivity index (χ1n) is 9.82. The molecule has 0 fully saturated rings. The minimum atomic E-state index is -3.77. The van der Waals surface area contributed by atoms with Crippen LogP contribution in [0.1, 0.15) is 18.3 Å². The van der Waals surface area contributed by atoms with Gasteiger partial charge in [-0.15, -0.1) is 0 Å². The Morgan fingerprint density at radius 2 is 2.00 bits per heavy atom. The fourth-order valence-corrected chi connectivity index (χ4v) is 4.88. The number of benzene rings is 2. The predicted molar refractivity (Wildman–Crippen MR) is 125 cm³/mol. The molecule has 1 N–H and O–H groups in total. The molecule has 0 aliphatic heterocycles. The molecule has 3 rings (SSSR count). The lowest BCUT2D eigenvalue weighted by Crippen LogP contribution is -2.47. The zero-order chi connectivity index (χ0) is 23.5. The molecule has 0 bridgehead atoms. The summed E-state index contributed by atoms with van der Waals surface area (Å²) in [6.45, 7) is 3.64. The average Bonchev–Trinajstić information content (AvgIpc) is 3.17. The summed E-state index contributed by atoms with van der Waals surface area (Å²) in [5.41, 5.74) is 2.03. The molecule has 10 heteroatoms. The van der Waals surface area contributed by atoms with Crippen LogP contribution in [0.3, 0.4) is 0 Å². The normalized spacial score (nSPS) is 12.3. The van der Waals surface area contributed by atoms with Gasteiger partial charge in [0.1, 0.15) is 17.6 Å². The maximum absolute atomic E-state index is 13.0. The largest absolute Gasteiger partial charge is 0.495 e. The maximum atomic E-state index is 13.0. The Bertz CT molecular complexity index is 1230. The number of amides is 1. The zero-order valence-corrected chi connectivity index (χ0v) is 19.8. The molecule has 1 atom stereocenters. The van der Waals surface area contributed by atoms with Gasteiger partial charge in [0.15, 0.2) is 0 Å². The molecule has 0 aliphatic rings. The first-order chi connectivity index (χ1) is 15.1. The third kappa shape index (κ3) is 5.05. The average molecular weight is 477 g/mol. The summed E-state index contributed by atoms with van der Waals surface area (Å²) in [6.07, 6.45) is 4.60. The van der Waals surface area contributed by atoms with Crippen LogP contribution in [0.15, 0.2) is 54.9 Å². The van der Waals surface area contributed by atoms with Crippen molar-refractivity contribution < 1.29 is 17.9 Å².